The molecule has 4 heteroatoms. The number of ketones is 1. The van der Waals surface area contributed by atoms with Crippen molar-refractivity contribution in [1.29, 1.82) is 0 Å². The van der Waals surface area contributed by atoms with E-state index in [1.165, 1.54) is 0 Å². The van der Waals surface area contributed by atoms with Gasteiger partial charge in [0.05, 0.1) is 12.7 Å². The quantitative estimate of drug-likeness (QED) is 0.800. The molecule has 0 spiro atoms. The lowest BCUT2D eigenvalue weighted by atomic mass is 10.1. The van der Waals surface area contributed by atoms with Crippen LogP contribution in [-0.4, -0.2) is 36.8 Å². The molecule has 1 aliphatic heterocycles. The largest absolute Gasteiger partial charge is 0.496 e. The molecule has 0 bridgehead atoms. The average Bonchev–Trinajstić information content (AvgIpc) is 2.39. The van der Waals surface area contributed by atoms with Crippen LogP contribution in [0.3, 0.4) is 0 Å². The Kier molecular flexibility index (Phi) is 3.65. The summed E-state index contributed by atoms with van der Waals surface area (Å²) in [6.45, 7) is 2.96. The van der Waals surface area contributed by atoms with Gasteiger partial charge in [0, 0.05) is 25.9 Å². The minimum absolute atomic E-state index is 0.0527. The molecule has 0 saturated carbocycles. The molecular weight excluding hydrogens is 230 g/mol. The van der Waals surface area contributed by atoms with E-state index >= 15 is 0 Å². The van der Waals surface area contributed by atoms with E-state index in [-0.39, 0.29) is 11.7 Å². The highest BCUT2D eigenvalue weighted by Gasteiger charge is 2.24. The van der Waals surface area contributed by atoms with Crippen molar-refractivity contribution in [2.45, 2.75) is 19.8 Å². The highest BCUT2D eigenvalue weighted by Crippen LogP contribution is 2.22. The number of piperidine rings is 1. The molecule has 1 heterocycles. The fraction of sp³-hybridized carbons (Fsp3) is 0.429. The summed E-state index contributed by atoms with van der Waals surface area (Å²) in [5, 5.41) is 0. The number of Topliss-reactive ketones (excluding diaryl/α,β-unsaturated/α-hetero) is 1. The van der Waals surface area contributed by atoms with Crippen LogP contribution in [-0.2, 0) is 4.79 Å². The van der Waals surface area contributed by atoms with Gasteiger partial charge in [-0.3, -0.25) is 9.59 Å². The zero-order valence-electron chi connectivity index (χ0n) is 10.7. The lowest BCUT2D eigenvalue weighted by Gasteiger charge is -2.26. The topological polar surface area (TPSA) is 46.6 Å². The molecular formula is C14H17NO3. The molecule has 0 aromatic heterocycles. The van der Waals surface area contributed by atoms with Crippen LogP contribution < -0.4 is 4.74 Å². The van der Waals surface area contributed by atoms with Crippen LogP contribution in [0.15, 0.2) is 18.2 Å². The van der Waals surface area contributed by atoms with Crippen molar-refractivity contribution < 1.29 is 14.3 Å². The van der Waals surface area contributed by atoms with Crippen LogP contribution in [0.2, 0.25) is 0 Å². The molecule has 0 N–H and O–H groups in total. The summed E-state index contributed by atoms with van der Waals surface area (Å²) in [4.78, 5) is 25.3. The normalized spacial score (nSPS) is 15.7. The number of amides is 1. The van der Waals surface area contributed by atoms with E-state index in [9.17, 15) is 9.59 Å². The Bertz CT molecular complexity index is 472. The Labute approximate surface area is 107 Å². The van der Waals surface area contributed by atoms with Gasteiger partial charge in [-0.1, -0.05) is 11.6 Å². The summed E-state index contributed by atoms with van der Waals surface area (Å²) in [7, 11) is 1.56. The van der Waals surface area contributed by atoms with Gasteiger partial charge >= 0.3 is 0 Å². The predicted octanol–water partition coefficient (Wildman–Crippen LogP) is 1.81. The van der Waals surface area contributed by atoms with Crippen molar-refractivity contribution in [2.75, 3.05) is 20.2 Å². The summed E-state index contributed by atoms with van der Waals surface area (Å²) in [6.07, 6.45) is 0.916. The van der Waals surface area contributed by atoms with Gasteiger partial charge in [0.15, 0.2) is 0 Å². The van der Waals surface area contributed by atoms with Gasteiger partial charge in [-0.05, 0) is 19.1 Å². The van der Waals surface area contributed by atoms with Gasteiger partial charge in [0.25, 0.3) is 5.91 Å². The molecule has 1 aromatic rings. The minimum Gasteiger partial charge on any atom is -0.496 e. The van der Waals surface area contributed by atoms with Gasteiger partial charge in [0.2, 0.25) is 0 Å². The SMILES string of the molecule is COc1ccc(C)cc1C(=O)N1CCC(=O)CC1. The zero-order valence-corrected chi connectivity index (χ0v) is 10.7. The molecule has 2 rings (SSSR count). The molecule has 0 unspecified atom stereocenters. The van der Waals surface area contributed by atoms with E-state index in [2.05, 4.69) is 0 Å². The lowest BCUT2D eigenvalue weighted by molar-refractivity contribution is -0.120. The molecule has 96 valence electrons. The first-order valence-electron chi connectivity index (χ1n) is 6.07. The maximum Gasteiger partial charge on any atom is 0.257 e. The van der Waals surface area contributed by atoms with E-state index in [0.717, 1.165) is 5.56 Å². The lowest BCUT2D eigenvalue weighted by Crippen LogP contribution is -2.38. The Morgan fingerprint density at radius 3 is 2.56 bits per heavy atom. The second-order valence-corrected chi connectivity index (χ2v) is 4.53. The minimum atomic E-state index is -0.0527. The fourth-order valence-corrected chi connectivity index (χ4v) is 2.12. The second-order valence-electron chi connectivity index (χ2n) is 4.53. The van der Waals surface area contributed by atoms with E-state index < -0.39 is 0 Å². The van der Waals surface area contributed by atoms with Crippen molar-refractivity contribution >= 4 is 11.7 Å². The van der Waals surface area contributed by atoms with Crippen LogP contribution in [0, 0.1) is 6.92 Å². The number of likely N-dealkylation sites (tertiary alicyclic amines) is 1. The molecule has 0 radical (unpaired) electrons. The Morgan fingerprint density at radius 2 is 1.94 bits per heavy atom. The van der Waals surface area contributed by atoms with Crippen LogP contribution >= 0.6 is 0 Å². The smallest absolute Gasteiger partial charge is 0.257 e. The summed E-state index contributed by atoms with van der Waals surface area (Å²) < 4.78 is 5.22. The fourth-order valence-electron chi connectivity index (χ4n) is 2.12. The predicted molar refractivity (Wildman–Crippen MR) is 67.9 cm³/mol. The van der Waals surface area contributed by atoms with E-state index in [0.29, 0.717) is 37.2 Å². The van der Waals surface area contributed by atoms with Crippen molar-refractivity contribution in [3.8, 4) is 5.75 Å². The summed E-state index contributed by atoms with van der Waals surface area (Å²) in [5.41, 5.74) is 1.60. The Morgan fingerprint density at radius 1 is 1.28 bits per heavy atom. The first-order valence-corrected chi connectivity index (χ1v) is 6.07. The molecule has 18 heavy (non-hydrogen) atoms. The van der Waals surface area contributed by atoms with E-state index in [1.54, 1.807) is 18.1 Å². The maximum absolute atomic E-state index is 12.4. The van der Waals surface area contributed by atoms with E-state index in [4.69, 9.17) is 4.74 Å². The Hall–Kier alpha value is -1.84. The van der Waals surface area contributed by atoms with Crippen LogP contribution in [0.25, 0.3) is 0 Å². The highest BCUT2D eigenvalue weighted by molar-refractivity contribution is 5.98. The summed E-state index contributed by atoms with van der Waals surface area (Å²) in [5.74, 6) is 0.765. The molecule has 1 fully saturated rings. The standard InChI is InChI=1S/C14H17NO3/c1-10-3-4-13(18-2)12(9-10)14(17)15-7-5-11(16)6-8-15/h3-4,9H,5-8H2,1-2H3. The van der Waals surface area contributed by atoms with Crippen LogP contribution in [0.1, 0.15) is 28.8 Å². The molecule has 1 aromatic carbocycles. The third-order valence-electron chi connectivity index (χ3n) is 3.19. The van der Waals surface area contributed by atoms with Gasteiger partial charge in [-0.15, -0.1) is 0 Å². The first kappa shape index (κ1) is 12.6. The number of benzene rings is 1. The molecule has 0 atom stereocenters. The number of ether oxygens (including phenoxy) is 1. The zero-order chi connectivity index (χ0) is 13.1. The molecule has 0 aliphatic carbocycles. The van der Waals surface area contributed by atoms with Crippen LogP contribution in [0.5, 0.6) is 5.75 Å². The molecule has 1 amide bonds. The molecule has 4 nitrogen and oxygen atoms in total. The number of hydrogen-bond donors (Lipinski definition) is 0. The van der Waals surface area contributed by atoms with E-state index in [1.807, 2.05) is 19.1 Å². The number of nitrogens with zero attached hydrogens (tertiary/aromatic N) is 1. The maximum atomic E-state index is 12.4. The number of aryl methyl sites for hydroxylation is 1. The Balaban J connectivity index is 2.22. The van der Waals surface area contributed by atoms with Crippen molar-refractivity contribution in [2.24, 2.45) is 0 Å². The van der Waals surface area contributed by atoms with Gasteiger partial charge in [-0.2, -0.15) is 0 Å². The van der Waals surface area contributed by atoms with Crippen LogP contribution in [0.4, 0.5) is 0 Å². The van der Waals surface area contributed by atoms with Gasteiger partial charge in [0.1, 0.15) is 11.5 Å². The second kappa shape index (κ2) is 5.21. The molecule has 1 saturated heterocycles. The third-order valence-corrected chi connectivity index (χ3v) is 3.19. The van der Waals surface area contributed by atoms with Crippen molar-refractivity contribution in [1.82, 2.24) is 4.90 Å². The van der Waals surface area contributed by atoms with Gasteiger partial charge < -0.3 is 9.64 Å². The summed E-state index contributed by atoms with van der Waals surface area (Å²) in [6, 6.07) is 5.55. The molecule has 1 aliphatic rings. The average molecular weight is 247 g/mol. The number of hydrogen-bond acceptors (Lipinski definition) is 3. The first-order chi connectivity index (χ1) is 8.61. The number of carbonyl (C=O) groups is 2. The number of carbonyl (C=O) groups excluding carboxylic acids is 2. The van der Waals surface area contributed by atoms with Gasteiger partial charge in [-0.25, -0.2) is 0 Å². The van der Waals surface area contributed by atoms with Crippen molar-refractivity contribution in [3.63, 3.8) is 0 Å². The monoisotopic (exact) mass is 247 g/mol. The number of methoxy groups -OCH3 is 1. The summed E-state index contributed by atoms with van der Waals surface area (Å²) >= 11 is 0. The number of rotatable bonds is 2. The highest BCUT2D eigenvalue weighted by atomic mass is 16.5. The third kappa shape index (κ3) is 2.53. The van der Waals surface area contributed by atoms with Crippen molar-refractivity contribution in [3.05, 3.63) is 29.3 Å².